The predicted molar refractivity (Wildman–Crippen MR) is 83.8 cm³/mol. The number of benzene rings is 1. The van der Waals surface area contributed by atoms with Crippen LogP contribution in [0.3, 0.4) is 0 Å². The van der Waals surface area contributed by atoms with Gasteiger partial charge in [0.1, 0.15) is 12.0 Å². The Balaban J connectivity index is 2.97. The van der Waals surface area contributed by atoms with Crippen LogP contribution in [0.25, 0.3) is 0 Å². The highest BCUT2D eigenvalue weighted by Gasteiger charge is 2.26. The summed E-state index contributed by atoms with van der Waals surface area (Å²) in [6.07, 6.45) is 4.63. The summed E-state index contributed by atoms with van der Waals surface area (Å²) in [5, 5.41) is 14.2. The number of thioether (sulfide) groups is 1. The molecule has 20 heavy (non-hydrogen) atoms. The van der Waals surface area contributed by atoms with E-state index in [4.69, 9.17) is 0 Å². The van der Waals surface area contributed by atoms with Crippen molar-refractivity contribution in [2.75, 3.05) is 18.1 Å². The Morgan fingerprint density at radius 2 is 2.05 bits per heavy atom. The first-order valence-corrected chi connectivity index (χ1v) is 7.77. The van der Waals surface area contributed by atoms with Gasteiger partial charge in [-0.05, 0) is 31.2 Å². The van der Waals surface area contributed by atoms with E-state index in [9.17, 15) is 14.9 Å². The Bertz CT molecular complexity index is 479. The van der Waals surface area contributed by atoms with Crippen molar-refractivity contribution in [2.45, 2.75) is 31.4 Å². The fourth-order valence-electron chi connectivity index (χ4n) is 2.04. The molecule has 0 spiro atoms. The Morgan fingerprint density at radius 1 is 1.40 bits per heavy atom. The third kappa shape index (κ3) is 3.72. The number of nitro groups is 1. The summed E-state index contributed by atoms with van der Waals surface area (Å²) in [6.45, 7) is 4.89. The number of nitrogens with zero attached hydrogens (tertiary/aromatic N) is 1. The summed E-state index contributed by atoms with van der Waals surface area (Å²) in [5.74, 6) is 0. The van der Waals surface area contributed by atoms with E-state index in [0.717, 1.165) is 12.8 Å². The van der Waals surface area contributed by atoms with Crippen LogP contribution < -0.4 is 5.32 Å². The third-order valence-corrected chi connectivity index (χ3v) is 5.26. The lowest BCUT2D eigenvalue weighted by molar-refractivity contribution is -0.384. The average Bonchev–Trinajstić information content (AvgIpc) is 2.49. The van der Waals surface area contributed by atoms with E-state index in [1.54, 1.807) is 23.9 Å². The van der Waals surface area contributed by atoms with Gasteiger partial charge >= 0.3 is 0 Å². The molecule has 0 amide bonds. The van der Waals surface area contributed by atoms with E-state index < -0.39 is 4.92 Å². The molecular weight excluding hydrogens is 276 g/mol. The van der Waals surface area contributed by atoms with E-state index in [-0.39, 0.29) is 10.4 Å². The zero-order valence-corrected chi connectivity index (χ0v) is 12.8. The topological polar surface area (TPSA) is 72.2 Å². The summed E-state index contributed by atoms with van der Waals surface area (Å²) < 4.78 is 0.0667. The van der Waals surface area contributed by atoms with Crippen molar-refractivity contribution in [3.05, 3.63) is 33.9 Å². The molecule has 0 bridgehead atoms. The summed E-state index contributed by atoms with van der Waals surface area (Å²) >= 11 is 1.77. The lowest BCUT2D eigenvalue weighted by Crippen LogP contribution is -2.32. The number of nitro benzene ring substituents is 1. The van der Waals surface area contributed by atoms with Gasteiger partial charge in [0.25, 0.3) is 5.69 Å². The largest absolute Gasteiger partial charge is 0.378 e. The molecule has 0 aliphatic heterocycles. The predicted octanol–water partition coefficient (Wildman–Crippen LogP) is 3.74. The van der Waals surface area contributed by atoms with Gasteiger partial charge in [-0.25, -0.2) is 0 Å². The standard InChI is InChI=1S/C14H20N2O3S/c1-4-14(5-2,20-3)10-15-12-7-6-11(9-17)8-13(12)16(18)19/h6-9,15H,4-5,10H2,1-3H3. The van der Waals surface area contributed by atoms with Gasteiger partial charge in [-0.15, -0.1) is 0 Å². The summed E-state index contributed by atoms with van der Waals surface area (Å²) in [4.78, 5) is 21.3. The van der Waals surface area contributed by atoms with Crippen LogP contribution in [0, 0.1) is 10.1 Å². The van der Waals surface area contributed by atoms with Crippen molar-refractivity contribution in [1.29, 1.82) is 0 Å². The molecule has 0 fully saturated rings. The van der Waals surface area contributed by atoms with Gasteiger partial charge in [-0.3, -0.25) is 14.9 Å². The molecule has 1 aromatic rings. The van der Waals surface area contributed by atoms with Gasteiger partial charge in [0.2, 0.25) is 0 Å². The number of anilines is 1. The van der Waals surface area contributed by atoms with E-state index >= 15 is 0 Å². The second kappa shape index (κ2) is 7.28. The molecule has 0 saturated carbocycles. The van der Waals surface area contributed by atoms with Crippen LogP contribution in [-0.4, -0.2) is 28.8 Å². The van der Waals surface area contributed by atoms with E-state index in [0.29, 0.717) is 24.1 Å². The quantitative estimate of drug-likeness (QED) is 0.449. The number of aldehydes is 1. The van der Waals surface area contributed by atoms with Gasteiger partial charge < -0.3 is 5.32 Å². The van der Waals surface area contributed by atoms with E-state index in [2.05, 4.69) is 25.4 Å². The van der Waals surface area contributed by atoms with Crippen molar-refractivity contribution in [3.8, 4) is 0 Å². The van der Waals surface area contributed by atoms with Crippen LogP contribution in [0.4, 0.5) is 11.4 Å². The second-order valence-electron chi connectivity index (χ2n) is 4.60. The zero-order valence-electron chi connectivity index (χ0n) is 12.0. The van der Waals surface area contributed by atoms with Crippen LogP contribution in [0.1, 0.15) is 37.0 Å². The SMILES string of the molecule is CCC(CC)(CNc1ccc(C=O)cc1[N+](=O)[O-])SC. The summed E-state index contributed by atoms with van der Waals surface area (Å²) in [5.41, 5.74) is 0.710. The lowest BCUT2D eigenvalue weighted by Gasteiger charge is -2.30. The molecular formula is C14H20N2O3S. The Morgan fingerprint density at radius 3 is 2.50 bits per heavy atom. The maximum Gasteiger partial charge on any atom is 0.293 e. The van der Waals surface area contributed by atoms with Crippen LogP contribution in [-0.2, 0) is 0 Å². The van der Waals surface area contributed by atoms with Crippen molar-refractivity contribution >= 4 is 29.4 Å². The fraction of sp³-hybridized carbons (Fsp3) is 0.500. The molecule has 0 atom stereocenters. The minimum absolute atomic E-state index is 0.0585. The fourth-order valence-corrected chi connectivity index (χ4v) is 2.83. The lowest BCUT2D eigenvalue weighted by atomic mass is 10.0. The van der Waals surface area contributed by atoms with Gasteiger partial charge in [0.05, 0.1) is 4.92 Å². The Hall–Kier alpha value is -1.56. The maximum absolute atomic E-state index is 11.1. The normalized spacial score (nSPS) is 11.2. The number of nitrogens with one attached hydrogen (secondary N) is 1. The number of carbonyl (C=O) groups is 1. The van der Waals surface area contributed by atoms with Crippen molar-refractivity contribution < 1.29 is 9.72 Å². The molecule has 1 rings (SSSR count). The molecule has 0 saturated heterocycles. The molecule has 6 heteroatoms. The summed E-state index contributed by atoms with van der Waals surface area (Å²) in [7, 11) is 0. The van der Waals surface area contributed by atoms with Crippen LogP contribution >= 0.6 is 11.8 Å². The van der Waals surface area contributed by atoms with Gasteiger partial charge in [-0.2, -0.15) is 11.8 Å². The second-order valence-corrected chi connectivity index (χ2v) is 5.87. The first kappa shape index (κ1) is 16.5. The third-order valence-electron chi connectivity index (χ3n) is 3.68. The molecule has 5 nitrogen and oxygen atoms in total. The monoisotopic (exact) mass is 296 g/mol. The van der Waals surface area contributed by atoms with Crippen molar-refractivity contribution in [3.63, 3.8) is 0 Å². The number of rotatable bonds is 8. The molecule has 0 aromatic heterocycles. The maximum atomic E-state index is 11.1. The highest BCUT2D eigenvalue weighted by atomic mass is 32.2. The molecule has 0 aliphatic carbocycles. The van der Waals surface area contributed by atoms with E-state index in [1.807, 2.05) is 0 Å². The first-order chi connectivity index (χ1) is 9.51. The van der Waals surface area contributed by atoms with Crippen molar-refractivity contribution in [1.82, 2.24) is 0 Å². The molecule has 0 radical (unpaired) electrons. The number of hydrogen-bond acceptors (Lipinski definition) is 5. The Kier molecular flexibility index (Phi) is 6.01. The zero-order chi connectivity index (χ0) is 15.2. The van der Waals surface area contributed by atoms with Gasteiger partial charge in [0.15, 0.2) is 0 Å². The molecule has 0 heterocycles. The average molecular weight is 296 g/mol. The molecule has 1 aromatic carbocycles. The molecule has 110 valence electrons. The first-order valence-electron chi connectivity index (χ1n) is 6.54. The minimum atomic E-state index is -0.464. The number of hydrogen-bond donors (Lipinski definition) is 1. The van der Waals surface area contributed by atoms with Crippen molar-refractivity contribution in [2.24, 2.45) is 0 Å². The van der Waals surface area contributed by atoms with Gasteiger partial charge in [-0.1, -0.05) is 13.8 Å². The Labute approximate surface area is 123 Å². The molecule has 0 unspecified atom stereocenters. The summed E-state index contributed by atoms with van der Waals surface area (Å²) in [6, 6.07) is 4.48. The van der Waals surface area contributed by atoms with Crippen LogP contribution in [0.15, 0.2) is 18.2 Å². The van der Waals surface area contributed by atoms with Crippen LogP contribution in [0.2, 0.25) is 0 Å². The van der Waals surface area contributed by atoms with E-state index in [1.165, 1.54) is 6.07 Å². The highest BCUT2D eigenvalue weighted by molar-refractivity contribution is 8.00. The molecule has 1 N–H and O–H groups in total. The minimum Gasteiger partial charge on any atom is -0.378 e. The van der Waals surface area contributed by atoms with Crippen LogP contribution in [0.5, 0.6) is 0 Å². The van der Waals surface area contributed by atoms with Gasteiger partial charge in [0, 0.05) is 22.9 Å². The number of carbonyl (C=O) groups excluding carboxylic acids is 1. The highest BCUT2D eigenvalue weighted by Crippen LogP contribution is 2.32. The smallest absolute Gasteiger partial charge is 0.293 e. The molecule has 0 aliphatic rings.